The van der Waals surface area contributed by atoms with Crippen LogP contribution in [-0.2, 0) is 4.79 Å². The van der Waals surface area contributed by atoms with Crippen LogP contribution in [0.5, 0.6) is 0 Å². The molecule has 1 saturated heterocycles. The average molecular weight is 331 g/mol. The zero-order valence-corrected chi connectivity index (χ0v) is 16.1. The molecule has 1 aromatic rings. The van der Waals surface area contributed by atoms with Gasteiger partial charge in [-0.3, -0.25) is 9.69 Å². The second kappa shape index (κ2) is 7.69. The van der Waals surface area contributed by atoms with Crippen molar-refractivity contribution in [2.75, 3.05) is 13.1 Å². The molecule has 1 N–H and O–H groups in total. The molecule has 1 aliphatic heterocycles. The van der Waals surface area contributed by atoms with Gasteiger partial charge in [0.2, 0.25) is 5.91 Å². The van der Waals surface area contributed by atoms with E-state index in [0.29, 0.717) is 0 Å². The highest BCUT2D eigenvalue weighted by molar-refractivity contribution is 5.83. The van der Waals surface area contributed by atoms with Crippen molar-refractivity contribution in [3.05, 3.63) is 35.9 Å². The van der Waals surface area contributed by atoms with Crippen LogP contribution in [0.1, 0.15) is 71.9 Å². The van der Waals surface area contributed by atoms with Crippen molar-refractivity contribution < 1.29 is 4.79 Å². The fraction of sp³-hybridized carbons (Fsp3) is 0.667. The molecule has 24 heavy (non-hydrogen) atoms. The van der Waals surface area contributed by atoms with Crippen LogP contribution >= 0.6 is 0 Å². The first kappa shape index (κ1) is 19.0. The molecule has 0 aromatic heterocycles. The van der Waals surface area contributed by atoms with Gasteiger partial charge in [-0.15, -0.1) is 0 Å². The normalized spacial score (nSPS) is 18.2. The minimum absolute atomic E-state index is 0.136. The Hall–Kier alpha value is -1.35. The zero-order chi connectivity index (χ0) is 17.8. The molecule has 0 spiro atoms. The Morgan fingerprint density at radius 2 is 1.62 bits per heavy atom. The Labute approximate surface area is 147 Å². The predicted octanol–water partition coefficient (Wildman–Crippen LogP) is 4.54. The minimum Gasteiger partial charge on any atom is -0.350 e. The number of rotatable bonds is 5. The van der Waals surface area contributed by atoms with Crippen molar-refractivity contribution >= 4 is 5.91 Å². The molecule has 1 aromatic carbocycles. The summed E-state index contributed by atoms with van der Waals surface area (Å²) >= 11 is 0. The van der Waals surface area contributed by atoms with E-state index in [9.17, 15) is 4.79 Å². The van der Waals surface area contributed by atoms with Crippen LogP contribution in [-0.4, -0.2) is 29.4 Å². The van der Waals surface area contributed by atoms with Gasteiger partial charge in [0.05, 0.1) is 0 Å². The molecule has 1 atom stereocenters. The van der Waals surface area contributed by atoms with Gasteiger partial charge in [-0.1, -0.05) is 57.5 Å². The molecule has 2 rings (SSSR count). The highest BCUT2D eigenvalue weighted by Gasteiger charge is 2.33. The van der Waals surface area contributed by atoms with Crippen molar-refractivity contribution in [3.63, 3.8) is 0 Å². The number of carbonyl (C=O) groups is 1. The quantitative estimate of drug-likeness (QED) is 0.859. The summed E-state index contributed by atoms with van der Waals surface area (Å²) in [5.74, 6) is 0.136. The van der Waals surface area contributed by atoms with E-state index in [4.69, 9.17) is 0 Å². The number of hydrogen-bond acceptors (Lipinski definition) is 2. The molecule has 0 radical (unpaired) electrons. The van der Waals surface area contributed by atoms with E-state index in [1.807, 2.05) is 18.2 Å². The molecule has 0 saturated carbocycles. The summed E-state index contributed by atoms with van der Waals surface area (Å²) in [4.78, 5) is 15.5. The number of likely N-dealkylation sites (tertiary alicyclic amines) is 1. The molecule has 1 heterocycles. The highest BCUT2D eigenvalue weighted by Crippen LogP contribution is 2.29. The van der Waals surface area contributed by atoms with E-state index in [0.717, 1.165) is 25.1 Å². The molecule has 1 amide bonds. The van der Waals surface area contributed by atoms with Crippen LogP contribution in [0.4, 0.5) is 0 Å². The molecule has 1 unspecified atom stereocenters. The molecule has 1 aliphatic rings. The summed E-state index contributed by atoms with van der Waals surface area (Å²) in [5, 5.41) is 3.33. The third-order valence-electron chi connectivity index (χ3n) is 4.55. The number of amides is 1. The fourth-order valence-electron chi connectivity index (χ4n) is 4.11. The van der Waals surface area contributed by atoms with Crippen molar-refractivity contribution in [2.45, 2.75) is 71.9 Å². The third-order valence-corrected chi connectivity index (χ3v) is 4.55. The number of benzene rings is 1. The monoisotopic (exact) mass is 330 g/mol. The Kier molecular flexibility index (Phi) is 6.08. The Morgan fingerprint density at radius 3 is 2.17 bits per heavy atom. The van der Waals surface area contributed by atoms with Gasteiger partial charge in [0.15, 0.2) is 0 Å². The lowest BCUT2D eigenvalue weighted by Gasteiger charge is -2.38. The number of hydrogen-bond donors (Lipinski definition) is 1. The van der Waals surface area contributed by atoms with E-state index in [1.165, 1.54) is 19.3 Å². The first-order valence-corrected chi connectivity index (χ1v) is 9.29. The molecule has 134 valence electrons. The number of piperidine rings is 1. The van der Waals surface area contributed by atoms with Gasteiger partial charge >= 0.3 is 0 Å². The van der Waals surface area contributed by atoms with E-state index in [2.05, 4.69) is 57.0 Å². The molecule has 3 heteroatoms. The summed E-state index contributed by atoms with van der Waals surface area (Å²) in [5.41, 5.74) is 1.07. The van der Waals surface area contributed by atoms with Gasteiger partial charge in [-0.05, 0) is 57.2 Å². The molecular weight excluding hydrogens is 296 g/mol. The Balaban J connectivity index is 2.18. The highest BCUT2D eigenvalue weighted by atomic mass is 16.2. The van der Waals surface area contributed by atoms with E-state index >= 15 is 0 Å². The number of nitrogens with one attached hydrogen (secondary N) is 1. The van der Waals surface area contributed by atoms with Crippen molar-refractivity contribution in [2.24, 2.45) is 5.41 Å². The van der Waals surface area contributed by atoms with E-state index in [1.54, 1.807) is 0 Å². The van der Waals surface area contributed by atoms with Crippen LogP contribution in [0.15, 0.2) is 30.3 Å². The van der Waals surface area contributed by atoms with Gasteiger partial charge in [-0.2, -0.15) is 0 Å². The van der Waals surface area contributed by atoms with Crippen molar-refractivity contribution in [1.29, 1.82) is 0 Å². The van der Waals surface area contributed by atoms with Gasteiger partial charge in [0.25, 0.3) is 0 Å². The number of nitrogens with zero attached hydrogens (tertiary/aromatic N) is 1. The van der Waals surface area contributed by atoms with Crippen LogP contribution in [0, 0.1) is 5.41 Å². The summed E-state index contributed by atoms with van der Waals surface area (Å²) in [6, 6.07) is 10.1. The lowest BCUT2D eigenvalue weighted by Crippen LogP contribution is -2.51. The largest absolute Gasteiger partial charge is 0.350 e. The SMILES string of the molecule is CC(C)(C)CC(C)(C)NC(=O)C(c1ccccc1)N1CCCCC1. The smallest absolute Gasteiger partial charge is 0.242 e. The van der Waals surface area contributed by atoms with Gasteiger partial charge < -0.3 is 5.32 Å². The van der Waals surface area contributed by atoms with Crippen molar-refractivity contribution in [3.8, 4) is 0 Å². The van der Waals surface area contributed by atoms with Crippen LogP contribution in [0.3, 0.4) is 0 Å². The lowest BCUT2D eigenvalue weighted by molar-refractivity contribution is -0.129. The first-order valence-electron chi connectivity index (χ1n) is 9.29. The maximum Gasteiger partial charge on any atom is 0.242 e. The molecule has 0 bridgehead atoms. The standard InChI is InChI=1S/C21H34N2O/c1-20(2,3)16-21(4,5)22-19(24)18(17-12-8-6-9-13-17)23-14-10-7-11-15-23/h6,8-9,12-13,18H,7,10-11,14-16H2,1-5H3,(H,22,24). The summed E-state index contributed by atoms with van der Waals surface area (Å²) in [7, 11) is 0. The number of carbonyl (C=O) groups excluding carboxylic acids is 1. The molecular formula is C21H34N2O. The van der Waals surface area contributed by atoms with Gasteiger partial charge in [-0.25, -0.2) is 0 Å². The summed E-state index contributed by atoms with van der Waals surface area (Å²) < 4.78 is 0. The van der Waals surface area contributed by atoms with Gasteiger partial charge in [0.1, 0.15) is 6.04 Å². The second-order valence-electron chi connectivity index (χ2n) is 9.02. The Bertz CT molecular complexity index is 525. The summed E-state index contributed by atoms with van der Waals surface area (Å²) in [6.07, 6.45) is 4.59. The van der Waals surface area contributed by atoms with Gasteiger partial charge in [0, 0.05) is 5.54 Å². The fourth-order valence-corrected chi connectivity index (χ4v) is 4.11. The van der Waals surface area contributed by atoms with Crippen LogP contribution in [0.2, 0.25) is 0 Å². The second-order valence-corrected chi connectivity index (χ2v) is 9.02. The maximum atomic E-state index is 13.2. The molecule has 1 fully saturated rings. The summed E-state index contributed by atoms with van der Waals surface area (Å²) in [6.45, 7) is 12.9. The average Bonchev–Trinajstić information content (AvgIpc) is 2.46. The van der Waals surface area contributed by atoms with Crippen LogP contribution < -0.4 is 5.32 Å². The molecule has 0 aliphatic carbocycles. The minimum atomic E-state index is -0.210. The first-order chi connectivity index (χ1) is 11.2. The molecule has 3 nitrogen and oxygen atoms in total. The van der Waals surface area contributed by atoms with Crippen molar-refractivity contribution in [1.82, 2.24) is 10.2 Å². The Morgan fingerprint density at radius 1 is 1.04 bits per heavy atom. The third kappa shape index (κ3) is 5.62. The maximum absolute atomic E-state index is 13.2. The lowest BCUT2D eigenvalue weighted by atomic mass is 9.81. The van der Waals surface area contributed by atoms with E-state index in [-0.39, 0.29) is 22.9 Å². The van der Waals surface area contributed by atoms with Crippen LogP contribution in [0.25, 0.3) is 0 Å². The predicted molar refractivity (Wildman–Crippen MR) is 101 cm³/mol. The van der Waals surface area contributed by atoms with E-state index < -0.39 is 0 Å². The zero-order valence-electron chi connectivity index (χ0n) is 16.1. The topological polar surface area (TPSA) is 32.3 Å².